The highest BCUT2D eigenvalue weighted by molar-refractivity contribution is 5.78. The lowest BCUT2D eigenvalue weighted by Gasteiger charge is -2.40. The number of fused-ring (bicyclic) bond motifs is 1. The van der Waals surface area contributed by atoms with Crippen LogP contribution in [0.5, 0.6) is 5.75 Å². The molecule has 2 atom stereocenters. The van der Waals surface area contributed by atoms with Crippen molar-refractivity contribution in [1.29, 1.82) is 0 Å². The van der Waals surface area contributed by atoms with E-state index in [0.717, 1.165) is 43.4 Å². The van der Waals surface area contributed by atoms with Gasteiger partial charge < -0.3 is 20.9 Å². The number of ether oxygens (including phenoxy) is 1. The highest BCUT2D eigenvalue weighted by atomic mass is 16.5. The molecule has 1 aromatic carbocycles. The number of guanidine groups is 1. The minimum atomic E-state index is -0.734. The molecule has 0 radical (unpaired) electrons. The Morgan fingerprint density at radius 1 is 1.38 bits per heavy atom. The molecule has 1 aliphatic carbocycles. The maximum absolute atomic E-state index is 10.8. The number of hydrogen-bond donors (Lipinski definition) is 3. The third kappa shape index (κ3) is 4.01. The molecule has 5 heteroatoms. The van der Waals surface area contributed by atoms with Gasteiger partial charge in [0.15, 0.2) is 5.96 Å². The Labute approximate surface area is 144 Å². The van der Waals surface area contributed by atoms with E-state index in [4.69, 9.17) is 10.5 Å². The molecule has 0 bridgehead atoms. The van der Waals surface area contributed by atoms with E-state index in [1.807, 2.05) is 18.2 Å². The van der Waals surface area contributed by atoms with Gasteiger partial charge in [-0.05, 0) is 37.2 Å². The van der Waals surface area contributed by atoms with Crippen molar-refractivity contribution in [2.75, 3.05) is 13.2 Å². The van der Waals surface area contributed by atoms with Crippen LogP contribution in [0.4, 0.5) is 0 Å². The van der Waals surface area contributed by atoms with Crippen LogP contribution in [0.15, 0.2) is 29.3 Å². The average Bonchev–Trinajstić information content (AvgIpc) is 2.52. The van der Waals surface area contributed by atoms with E-state index in [0.29, 0.717) is 19.1 Å². The molecule has 1 fully saturated rings. The minimum absolute atomic E-state index is 0.108. The summed E-state index contributed by atoms with van der Waals surface area (Å²) >= 11 is 0. The Bertz CT molecular complexity index is 614. The molecule has 1 heterocycles. The SMILES string of the molecule is CC1(C)CCCC(O)(CN=C(N)NC2CCOc3ccccc32)C1. The third-order valence-corrected chi connectivity index (χ3v) is 5.13. The first-order valence-electron chi connectivity index (χ1n) is 8.88. The van der Waals surface area contributed by atoms with Crippen molar-refractivity contribution < 1.29 is 9.84 Å². The molecule has 0 spiro atoms. The molecule has 0 saturated heterocycles. The minimum Gasteiger partial charge on any atom is -0.493 e. The Morgan fingerprint density at radius 3 is 2.96 bits per heavy atom. The topological polar surface area (TPSA) is 79.9 Å². The Kier molecular flexibility index (Phi) is 4.72. The number of aliphatic imine (C=N–C) groups is 1. The first kappa shape index (κ1) is 17.1. The summed E-state index contributed by atoms with van der Waals surface area (Å²) in [6.45, 7) is 5.45. The van der Waals surface area contributed by atoms with Crippen molar-refractivity contribution in [3.63, 3.8) is 0 Å². The van der Waals surface area contributed by atoms with Gasteiger partial charge in [-0.2, -0.15) is 0 Å². The molecule has 0 aromatic heterocycles. The molecule has 2 aliphatic rings. The summed E-state index contributed by atoms with van der Waals surface area (Å²) in [6.07, 6.45) is 4.63. The summed E-state index contributed by atoms with van der Waals surface area (Å²) in [5.74, 6) is 1.30. The van der Waals surface area contributed by atoms with Crippen molar-refractivity contribution in [3.05, 3.63) is 29.8 Å². The molecule has 1 saturated carbocycles. The quantitative estimate of drug-likeness (QED) is 0.588. The Morgan fingerprint density at radius 2 is 2.17 bits per heavy atom. The average molecular weight is 331 g/mol. The van der Waals surface area contributed by atoms with E-state index in [1.165, 1.54) is 0 Å². The smallest absolute Gasteiger partial charge is 0.189 e. The van der Waals surface area contributed by atoms with Crippen LogP contribution in [0.2, 0.25) is 0 Å². The van der Waals surface area contributed by atoms with E-state index in [-0.39, 0.29) is 11.5 Å². The van der Waals surface area contributed by atoms with Crippen molar-refractivity contribution in [3.8, 4) is 5.75 Å². The molecule has 1 aliphatic heterocycles. The lowest BCUT2D eigenvalue weighted by molar-refractivity contribution is -0.0307. The van der Waals surface area contributed by atoms with E-state index in [9.17, 15) is 5.11 Å². The zero-order valence-corrected chi connectivity index (χ0v) is 14.7. The van der Waals surface area contributed by atoms with E-state index in [1.54, 1.807) is 0 Å². The van der Waals surface area contributed by atoms with E-state index < -0.39 is 5.60 Å². The maximum atomic E-state index is 10.8. The molecule has 5 nitrogen and oxygen atoms in total. The fraction of sp³-hybridized carbons (Fsp3) is 0.632. The number of hydrogen-bond acceptors (Lipinski definition) is 3. The largest absolute Gasteiger partial charge is 0.493 e. The van der Waals surface area contributed by atoms with Crippen LogP contribution in [0, 0.1) is 5.41 Å². The number of nitrogens with one attached hydrogen (secondary N) is 1. The number of benzene rings is 1. The van der Waals surface area contributed by atoms with Crippen LogP contribution in [-0.2, 0) is 0 Å². The standard InChI is InChI=1S/C19H29N3O2/c1-18(2)9-5-10-19(23,12-18)13-21-17(20)22-15-8-11-24-16-7-4-3-6-14(15)16/h3-4,6-7,15,23H,5,8-13H2,1-2H3,(H3,20,21,22). The van der Waals surface area contributed by atoms with E-state index in [2.05, 4.69) is 30.2 Å². The number of nitrogens with two attached hydrogens (primary N) is 1. The molecule has 1 aromatic rings. The van der Waals surface area contributed by atoms with Gasteiger partial charge in [-0.3, -0.25) is 4.99 Å². The second-order valence-corrected chi connectivity index (χ2v) is 7.99. The summed E-state index contributed by atoms with van der Waals surface area (Å²) in [4.78, 5) is 4.44. The normalized spacial score (nSPS) is 29.5. The van der Waals surface area contributed by atoms with Crippen LogP contribution in [0.1, 0.15) is 57.6 Å². The van der Waals surface area contributed by atoms with Gasteiger partial charge in [0.05, 0.1) is 24.8 Å². The fourth-order valence-corrected chi connectivity index (χ4v) is 4.05. The second-order valence-electron chi connectivity index (χ2n) is 7.99. The summed E-state index contributed by atoms with van der Waals surface area (Å²) in [7, 11) is 0. The first-order chi connectivity index (χ1) is 11.4. The van der Waals surface area contributed by atoms with Gasteiger partial charge in [-0.1, -0.05) is 32.0 Å². The van der Waals surface area contributed by atoms with E-state index >= 15 is 0 Å². The molecule has 4 N–H and O–H groups in total. The van der Waals surface area contributed by atoms with Crippen LogP contribution in [0.25, 0.3) is 0 Å². The molecule has 3 rings (SSSR count). The second kappa shape index (κ2) is 6.63. The summed E-state index contributed by atoms with van der Waals surface area (Å²) < 4.78 is 5.67. The Balaban J connectivity index is 1.63. The summed E-state index contributed by atoms with van der Waals surface area (Å²) in [5, 5.41) is 14.1. The Hall–Kier alpha value is -1.75. The van der Waals surface area contributed by atoms with Crippen LogP contribution in [-0.4, -0.2) is 29.8 Å². The number of para-hydroxylation sites is 1. The first-order valence-corrected chi connectivity index (χ1v) is 8.88. The van der Waals surface area contributed by atoms with Gasteiger partial charge in [0.1, 0.15) is 5.75 Å². The molecule has 24 heavy (non-hydrogen) atoms. The predicted molar refractivity (Wildman–Crippen MR) is 96.1 cm³/mol. The lowest BCUT2D eigenvalue weighted by Crippen LogP contribution is -2.43. The van der Waals surface area contributed by atoms with Crippen LogP contribution in [0.3, 0.4) is 0 Å². The molecule has 2 unspecified atom stereocenters. The fourth-order valence-electron chi connectivity index (χ4n) is 4.05. The molecule has 132 valence electrons. The van der Waals surface area contributed by atoms with Gasteiger partial charge in [-0.15, -0.1) is 0 Å². The van der Waals surface area contributed by atoms with Gasteiger partial charge in [-0.25, -0.2) is 0 Å². The zero-order chi connectivity index (χ0) is 17.2. The monoisotopic (exact) mass is 331 g/mol. The van der Waals surface area contributed by atoms with Gasteiger partial charge in [0.2, 0.25) is 0 Å². The van der Waals surface area contributed by atoms with Crippen molar-refractivity contribution in [2.45, 2.75) is 57.6 Å². The predicted octanol–water partition coefficient (Wildman–Crippen LogP) is 2.75. The highest BCUT2D eigenvalue weighted by Crippen LogP contribution is 2.41. The molecule has 0 amide bonds. The third-order valence-electron chi connectivity index (χ3n) is 5.13. The van der Waals surface area contributed by atoms with Crippen LogP contribution >= 0.6 is 0 Å². The number of nitrogens with zero attached hydrogens (tertiary/aromatic N) is 1. The maximum Gasteiger partial charge on any atom is 0.189 e. The zero-order valence-electron chi connectivity index (χ0n) is 14.7. The van der Waals surface area contributed by atoms with Crippen molar-refractivity contribution in [2.24, 2.45) is 16.1 Å². The number of aliphatic hydroxyl groups is 1. The molecular weight excluding hydrogens is 302 g/mol. The molecular formula is C19H29N3O2. The van der Waals surface area contributed by atoms with Crippen LogP contribution < -0.4 is 15.8 Å². The summed E-state index contributed by atoms with van der Waals surface area (Å²) in [6, 6.07) is 8.11. The van der Waals surface area contributed by atoms with Gasteiger partial charge in [0, 0.05) is 12.0 Å². The summed E-state index contributed by atoms with van der Waals surface area (Å²) in [5.41, 5.74) is 6.64. The van der Waals surface area contributed by atoms with Crippen molar-refractivity contribution in [1.82, 2.24) is 5.32 Å². The van der Waals surface area contributed by atoms with Gasteiger partial charge >= 0.3 is 0 Å². The lowest BCUT2D eigenvalue weighted by atomic mass is 9.70. The van der Waals surface area contributed by atoms with Gasteiger partial charge in [0.25, 0.3) is 0 Å². The highest BCUT2D eigenvalue weighted by Gasteiger charge is 2.38. The van der Waals surface area contributed by atoms with Crippen molar-refractivity contribution >= 4 is 5.96 Å². The number of rotatable bonds is 3.